The number of likely N-dealkylation sites (N-methyl/N-ethyl adjacent to an activating group) is 1. The normalized spacial score (nSPS) is 12.6. The monoisotopic (exact) mass is 270 g/mol. The summed E-state index contributed by atoms with van der Waals surface area (Å²) in [5.74, 6) is 0. The van der Waals surface area contributed by atoms with Crippen LogP contribution in [0.5, 0.6) is 0 Å². The van der Waals surface area contributed by atoms with Gasteiger partial charge in [0.15, 0.2) is 0 Å². The van der Waals surface area contributed by atoms with E-state index >= 15 is 0 Å². The number of aromatic nitrogens is 1. The van der Waals surface area contributed by atoms with Gasteiger partial charge < -0.3 is 5.11 Å². The van der Waals surface area contributed by atoms with Gasteiger partial charge in [-0.05, 0) is 42.3 Å². The molecule has 0 saturated heterocycles. The summed E-state index contributed by atoms with van der Waals surface area (Å²) in [6.07, 6.45) is 3.17. The van der Waals surface area contributed by atoms with E-state index < -0.39 is 6.10 Å². The predicted octanol–water partition coefficient (Wildman–Crippen LogP) is 2.95. The summed E-state index contributed by atoms with van der Waals surface area (Å²) in [5.41, 5.74) is 3.37. The highest BCUT2D eigenvalue weighted by molar-refractivity contribution is 5.27. The maximum Gasteiger partial charge on any atom is 0.0919 e. The number of rotatable bonds is 6. The van der Waals surface area contributed by atoms with Gasteiger partial charge in [0.1, 0.15) is 0 Å². The largest absolute Gasteiger partial charge is 0.387 e. The molecule has 1 unspecified atom stereocenters. The molecular formula is C17H22N2O. The Labute approximate surface area is 120 Å². The first kappa shape index (κ1) is 14.7. The number of pyridine rings is 1. The van der Waals surface area contributed by atoms with Crippen LogP contribution in [0.15, 0.2) is 48.8 Å². The highest BCUT2D eigenvalue weighted by atomic mass is 16.3. The molecule has 106 valence electrons. The standard InChI is InChI=1S/C17H22N2O/c1-3-19(12-15-8-10-18-11-9-15)13-17(20)16-7-5-4-6-14(16)2/h4-11,17,20H,3,12-13H2,1-2H3. The van der Waals surface area contributed by atoms with Crippen LogP contribution in [0, 0.1) is 6.92 Å². The number of hydrogen-bond acceptors (Lipinski definition) is 3. The van der Waals surface area contributed by atoms with E-state index in [0.717, 1.165) is 24.2 Å². The summed E-state index contributed by atoms with van der Waals surface area (Å²) in [7, 11) is 0. The number of benzene rings is 1. The Balaban J connectivity index is 2.01. The molecule has 20 heavy (non-hydrogen) atoms. The molecule has 0 aliphatic carbocycles. The van der Waals surface area contributed by atoms with Gasteiger partial charge in [0, 0.05) is 25.5 Å². The fourth-order valence-corrected chi connectivity index (χ4v) is 2.36. The molecule has 2 rings (SSSR count). The van der Waals surface area contributed by atoms with Crippen molar-refractivity contribution in [2.75, 3.05) is 13.1 Å². The average molecular weight is 270 g/mol. The highest BCUT2D eigenvalue weighted by Crippen LogP contribution is 2.19. The highest BCUT2D eigenvalue weighted by Gasteiger charge is 2.14. The maximum atomic E-state index is 10.4. The van der Waals surface area contributed by atoms with Crippen molar-refractivity contribution >= 4 is 0 Å². The topological polar surface area (TPSA) is 36.4 Å². The lowest BCUT2D eigenvalue weighted by Gasteiger charge is -2.24. The molecule has 3 nitrogen and oxygen atoms in total. The number of aliphatic hydroxyl groups is 1. The van der Waals surface area contributed by atoms with Crippen molar-refractivity contribution in [1.29, 1.82) is 0 Å². The minimum absolute atomic E-state index is 0.446. The van der Waals surface area contributed by atoms with Crippen molar-refractivity contribution in [2.45, 2.75) is 26.5 Å². The number of aliphatic hydroxyl groups excluding tert-OH is 1. The van der Waals surface area contributed by atoms with E-state index in [1.165, 1.54) is 5.56 Å². The molecule has 0 fully saturated rings. The summed E-state index contributed by atoms with van der Waals surface area (Å²) < 4.78 is 0. The van der Waals surface area contributed by atoms with Crippen LogP contribution in [0.25, 0.3) is 0 Å². The molecule has 0 bridgehead atoms. The second kappa shape index (κ2) is 7.17. The van der Waals surface area contributed by atoms with E-state index in [-0.39, 0.29) is 0 Å². The van der Waals surface area contributed by atoms with Crippen LogP contribution < -0.4 is 0 Å². The molecule has 0 radical (unpaired) electrons. The number of hydrogen-bond donors (Lipinski definition) is 1. The molecule has 1 atom stereocenters. The lowest BCUT2D eigenvalue weighted by atomic mass is 10.0. The molecule has 1 N–H and O–H groups in total. The Morgan fingerprint density at radius 2 is 1.85 bits per heavy atom. The zero-order chi connectivity index (χ0) is 14.4. The zero-order valence-electron chi connectivity index (χ0n) is 12.2. The molecule has 0 amide bonds. The molecule has 2 aromatic rings. The van der Waals surface area contributed by atoms with E-state index in [9.17, 15) is 5.11 Å². The molecule has 0 spiro atoms. The van der Waals surface area contributed by atoms with Crippen LogP contribution in [-0.2, 0) is 6.54 Å². The molecular weight excluding hydrogens is 248 g/mol. The van der Waals surface area contributed by atoms with Gasteiger partial charge in [-0.3, -0.25) is 9.88 Å². The van der Waals surface area contributed by atoms with Crippen molar-refractivity contribution in [3.8, 4) is 0 Å². The Bertz CT molecular complexity index is 528. The van der Waals surface area contributed by atoms with Gasteiger partial charge >= 0.3 is 0 Å². The molecule has 0 aliphatic heterocycles. The summed E-state index contributed by atoms with van der Waals surface area (Å²) in [5, 5.41) is 10.4. The predicted molar refractivity (Wildman–Crippen MR) is 81.3 cm³/mol. The third-order valence-electron chi connectivity index (χ3n) is 3.58. The third kappa shape index (κ3) is 3.89. The lowest BCUT2D eigenvalue weighted by Crippen LogP contribution is -2.28. The van der Waals surface area contributed by atoms with Crippen molar-refractivity contribution in [1.82, 2.24) is 9.88 Å². The lowest BCUT2D eigenvalue weighted by molar-refractivity contribution is 0.112. The van der Waals surface area contributed by atoms with E-state index in [4.69, 9.17) is 0 Å². The Morgan fingerprint density at radius 3 is 2.50 bits per heavy atom. The van der Waals surface area contributed by atoms with Gasteiger partial charge in [0.2, 0.25) is 0 Å². The summed E-state index contributed by atoms with van der Waals surface area (Å²) >= 11 is 0. The van der Waals surface area contributed by atoms with Crippen molar-refractivity contribution in [3.63, 3.8) is 0 Å². The summed E-state index contributed by atoms with van der Waals surface area (Å²) in [4.78, 5) is 6.27. The van der Waals surface area contributed by atoms with Crippen LogP contribution >= 0.6 is 0 Å². The van der Waals surface area contributed by atoms with Crippen LogP contribution in [0.2, 0.25) is 0 Å². The van der Waals surface area contributed by atoms with Gasteiger partial charge in [-0.2, -0.15) is 0 Å². The minimum atomic E-state index is -0.446. The van der Waals surface area contributed by atoms with E-state index in [2.05, 4.69) is 16.8 Å². The second-order valence-corrected chi connectivity index (χ2v) is 5.06. The van der Waals surface area contributed by atoms with Crippen LogP contribution in [0.4, 0.5) is 0 Å². The Hall–Kier alpha value is -1.71. The molecule has 1 heterocycles. The first-order chi connectivity index (χ1) is 9.70. The van der Waals surface area contributed by atoms with Crippen LogP contribution in [-0.4, -0.2) is 28.1 Å². The van der Waals surface area contributed by atoms with Gasteiger partial charge in [0.05, 0.1) is 6.10 Å². The van der Waals surface area contributed by atoms with Crippen LogP contribution in [0.1, 0.15) is 29.7 Å². The van der Waals surface area contributed by atoms with E-state index in [1.807, 2.05) is 43.3 Å². The van der Waals surface area contributed by atoms with Crippen molar-refractivity contribution < 1.29 is 5.11 Å². The van der Waals surface area contributed by atoms with Crippen molar-refractivity contribution in [3.05, 3.63) is 65.5 Å². The zero-order valence-corrected chi connectivity index (χ0v) is 12.2. The van der Waals surface area contributed by atoms with Crippen molar-refractivity contribution in [2.24, 2.45) is 0 Å². The number of nitrogens with zero attached hydrogens (tertiary/aromatic N) is 2. The minimum Gasteiger partial charge on any atom is -0.387 e. The summed E-state index contributed by atoms with van der Waals surface area (Å²) in [6, 6.07) is 12.1. The maximum absolute atomic E-state index is 10.4. The summed E-state index contributed by atoms with van der Waals surface area (Å²) in [6.45, 7) is 6.54. The Kier molecular flexibility index (Phi) is 5.27. The Morgan fingerprint density at radius 1 is 1.15 bits per heavy atom. The number of aryl methyl sites for hydroxylation is 1. The first-order valence-electron chi connectivity index (χ1n) is 7.05. The van der Waals surface area contributed by atoms with Crippen LogP contribution in [0.3, 0.4) is 0 Å². The van der Waals surface area contributed by atoms with Gasteiger partial charge in [-0.25, -0.2) is 0 Å². The molecule has 3 heteroatoms. The smallest absolute Gasteiger partial charge is 0.0919 e. The molecule has 1 aromatic heterocycles. The SMILES string of the molecule is CCN(Cc1ccncc1)CC(O)c1ccccc1C. The fraction of sp³-hybridized carbons (Fsp3) is 0.353. The van der Waals surface area contributed by atoms with Gasteiger partial charge in [0.25, 0.3) is 0 Å². The quantitative estimate of drug-likeness (QED) is 0.876. The fourth-order valence-electron chi connectivity index (χ4n) is 2.36. The second-order valence-electron chi connectivity index (χ2n) is 5.06. The third-order valence-corrected chi connectivity index (χ3v) is 3.58. The molecule has 0 aliphatic rings. The van der Waals surface area contributed by atoms with E-state index in [0.29, 0.717) is 6.54 Å². The first-order valence-corrected chi connectivity index (χ1v) is 7.05. The molecule has 1 aromatic carbocycles. The van der Waals surface area contributed by atoms with Gasteiger partial charge in [-0.1, -0.05) is 31.2 Å². The average Bonchev–Trinajstić information content (AvgIpc) is 2.48. The van der Waals surface area contributed by atoms with E-state index in [1.54, 1.807) is 12.4 Å². The van der Waals surface area contributed by atoms with Gasteiger partial charge in [-0.15, -0.1) is 0 Å². The molecule has 0 saturated carbocycles.